The predicted octanol–water partition coefficient (Wildman–Crippen LogP) is 5.67. The fraction of sp³-hybridized carbons (Fsp3) is 0.438. The summed E-state index contributed by atoms with van der Waals surface area (Å²) in [4.78, 5) is 12.2. The van der Waals surface area contributed by atoms with Crippen LogP contribution >= 0.6 is 46.6 Å². The van der Waals surface area contributed by atoms with Crippen LogP contribution in [0.2, 0.25) is 15.1 Å². The number of hydrogen-bond donors (Lipinski definition) is 1. The first-order chi connectivity index (χ1) is 11.7. The zero-order valence-corrected chi connectivity index (χ0v) is 17.4. The van der Waals surface area contributed by atoms with Gasteiger partial charge in [-0.3, -0.25) is 4.79 Å². The molecular weight excluding hydrogens is 403 g/mol. The van der Waals surface area contributed by atoms with E-state index in [0.717, 1.165) is 5.82 Å². The molecule has 0 saturated heterocycles. The first-order valence-corrected chi connectivity index (χ1v) is 9.84. The Balaban J connectivity index is 2.07. The molecule has 2 aromatic rings. The second-order valence-corrected chi connectivity index (χ2v) is 8.21. The summed E-state index contributed by atoms with van der Waals surface area (Å²) in [6.45, 7) is 8.26. The predicted molar refractivity (Wildman–Crippen MR) is 105 cm³/mol. The van der Waals surface area contributed by atoms with E-state index < -0.39 is 0 Å². The average Bonchev–Trinajstić information content (AvgIpc) is 2.95. The van der Waals surface area contributed by atoms with E-state index in [9.17, 15) is 4.79 Å². The topological polar surface area (TPSA) is 59.8 Å². The normalized spacial score (nSPS) is 11.4. The van der Waals surface area contributed by atoms with E-state index in [4.69, 9.17) is 34.8 Å². The van der Waals surface area contributed by atoms with Gasteiger partial charge in [0.05, 0.1) is 26.5 Å². The lowest BCUT2D eigenvalue weighted by atomic mass is 10.2. The molecule has 1 aromatic carbocycles. The largest absolute Gasteiger partial charge is 0.324 e. The number of nitrogens with one attached hydrogen (secondary N) is 1. The van der Waals surface area contributed by atoms with Crippen molar-refractivity contribution in [3.05, 3.63) is 33.0 Å². The van der Waals surface area contributed by atoms with Gasteiger partial charge in [0.15, 0.2) is 5.16 Å². The van der Waals surface area contributed by atoms with Gasteiger partial charge < -0.3 is 9.88 Å². The molecule has 0 aliphatic carbocycles. The maximum Gasteiger partial charge on any atom is 0.234 e. The van der Waals surface area contributed by atoms with Crippen molar-refractivity contribution in [2.24, 2.45) is 0 Å². The summed E-state index contributed by atoms with van der Waals surface area (Å²) in [6.07, 6.45) is 0. The first-order valence-electron chi connectivity index (χ1n) is 7.72. The third kappa shape index (κ3) is 5.03. The number of aromatic nitrogens is 3. The molecular formula is C16H19Cl3N4OS. The van der Waals surface area contributed by atoms with Crippen LogP contribution in [0.1, 0.15) is 45.5 Å². The molecule has 1 aromatic heterocycles. The van der Waals surface area contributed by atoms with Crippen molar-refractivity contribution in [3.63, 3.8) is 0 Å². The zero-order chi connectivity index (χ0) is 18.7. The summed E-state index contributed by atoms with van der Waals surface area (Å²) < 4.78 is 2.05. The quantitative estimate of drug-likeness (QED) is 0.482. The zero-order valence-electron chi connectivity index (χ0n) is 14.3. The Labute approximate surface area is 166 Å². The summed E-state index contributed by atoms with van der Waals surface area (Å²) in [5.41, 5.74) is 0.426. The number of thioether (sulfide) groups is 1. The number of rotatable bonds is 6. The van der Waals surface area contributed by atoms with Crippen molar-refractivity contribution in [3.8, 4) is 0 Å². The van der Waals surface area contributed by atoms with Crippen LogP contribution in [-0.4, -0.2) is 26.4 Å². The Morgan fingerprint density at radius 3 is 2.36 bits per heavy atom. The van der Waals surface area contributed by atoms with Crippen LogP contribution in [0.25, 0.3) is 0 Å². The number of nitrogens with zero attached hydrogens (tertiary/aromatic N) is 3. The Morgan fingerprint density at radius 1 is 1.12 bits per heavy atom. The summed E-state index contributed by atoms with van der Waals surface area (Å²) in [6, 6.07) is 3.24. The number of anilines is 1. The molecule has 0 saturated carbocycles. The van der Waals surface area contributed by atoms with Crippen molar-refractivity contribution < 1.29 is 4.79 Å². The molecule has 0 bridgehead atoms. The van der Waals surface area contributed by atoms with Crippen LogP contribution in [0.3, 0.4) is 0 Å². The van der Waals surface area contributed by atoms with Crippen LogP contribution in [-0.2, 0) is 4.79 Å². The highest BCUT2D eigenvalue weighted by molar-refractivity contribution is 7.99. The molecule has 0 radical (unpaired) electrons. The second-order valence-electron chi connectivity index (χ2n) is 6.04. The maximum atomic E-state index is 12.2. The average molecular weight is 422 g/mol. The number of hydrogen-bond acceptors (Lipinski definition) is 4. The molecule has 1 amide bonds. The molecule has 0 unspecified atom stereocenters. The van der Waals surface area contributed by atoms with Crippen LogP contribution < -0.4 is 5.32 Å². The third-order valence-electron chi connectivity index (χ3n) is 3.34. The van der Waals surface area contributed by atoms with Gasteiger partial charge in [-0.15, -0.1) is 10.2 Å². The number of carbonyl (C=O) groups excluding carboxylic acids is 1. The third-order valence-corrected chi connectivity index (χ3v) is 5.32. The van der Waals surface area contributed by atoms with Gasteiger partial charge >= 0.3 is 0 Å². The lowest BCUT2D eigenvalue weighted by Crippen LogP contribution is -2.15. The van der Waals surface area contributed by atoms with Gasteiger partial charge in [-0.25, -0.2) is 0 Å². The van der Waals surface area contributed by atoms with E-state index >= 15 is 0 Å². The van der Waals surface area contributed by atoms with Crippen molar-refractivity contribution >= 4 is 58.2 Å². The van der Waals surface area contributed by atoms with E-state index in [1.54, 1.807) is 0 Å². The monoisotopic (exact) mass is 420 g/mol. The maximum absolute atomic E-state index is 12.2. The summed E-state index contributed by atoms with van der Waals surface area (Å²) in [5, 5.41) is 12.9. The van der Waals surface area contributed by atoms with Gasteiger partial charge in [-0.05, 0) is 26.0 Å². The van der Waals surface area contributed by atoms with Gasteiger partial charge in [0.2, 0.25) is 5.91 Å². The first kappa shape index (κ1) is 20.4. The van der Waals surface area contributed by atoms with E-state index in [1.165, 1.54) is 23.9 Å². The molecule has 1 heterocycles. The van der Waals surface area contributed by atoms with Crippen LogP contribution in [0.4, 0.5) is 5.69 Å². The standard InChI is InChI=1S/C16H19Cl3N4OS/c1-8(2)15-21-22-16(23(15)9(3)4)25-7-14(24)20-13-6-11(18)10(17)5-12(13)19/h5-6,8-9H,7H2,1-4H3,(H,20,24). The van der Waals surface area contributed by atoms with Gasteiger partial charge in [0.25, 0.3) is 0 Å². The summed E-state index contributed by atoms with van der Waals surface area (Å²) in [5.74, 6) is 1.13. The number of halogens is 3. The fourth-order valence-electron chi connectivity index (χ4n) is 2.20. The molecule has 136 valence electrons. The minimum atomic E-state index is -0.213. The van der Waals surface area contributed by atoms with E-state index in [-0.39, 0.29) is 23.6 Å². The van der Waals surface area contributed by atoms with Crippen molar-refractivity contribution in [2.75, 3.05) is 11.1 Å². The molecule has 2 rings (SSSR count). The van der Waals surface area contributed by atoms with Crippen molar-refractivity contribution in [1.82, 2.24) is 14.8 Å². The van der Waals surface area contributed by atoms with Crippen LogP contribution in [0.5, 0.6) is 0 Å². The molecule has 9 heteroatoms. The van der Waals surface area contributed by atoms with Gasteiger partial charge in [-0.1, -0.05) is 60.4 Å². The molecule has 25 heavy (non-hydrogen) atoms. The SMILES string of the molecule is CC(C)c1nnc(SCC(=O)Nc2cc(Cl)c(Cl)cc2Cl)n1C(C)C. The lowest BCUT2D eigenvalue weighted by molar-refractivity contribution is -0.113. The number of benzene rings is 1. The smallest absolute Gasteiger partial charge is 0.234 e. The molecule has 0 fully saturated rings. The minimum Gasteiger partial charge on any atom is -0.324 e. The van der Waals surface area contributed by atoms with E-state index in [1.807, 2.05) is 0 Å². The number of carbonyl (C=O) groups is 1. The summed E-state index contributed by atoms with van der Waals surface area (Å²) >= 11 is 19.3. The molecule has 0 aliphatic heterocycles. The highest BCUT2D eigenvalue weighted by atomic mass is 35.5. The van der Waals surface area contributed by atoms with E-state index in [0.29, 0.717) is 25.9 Å². The highest BCUT2D eigenvalue weighted by Gasteiger charge is 2.18. The lowest BCUT2D eigenvalue weighted by Gasteiger charge is -2.15. The van der Waals surface area contributed by atoms with Crippen LogP contribution in [0.15, 0.2) is 17.3 Å². The second kappa shape index (κ2) is 8.62. The van der Waals surface area contributed by atoms with Gasteiger partial charge in [0.1, 0.15) is 5.82 Å². The fourth-order valence-corrected chi connectivity index (χ4v) is 3.67. The Bertz CT molecular complexity index is 777. The number of amides is 1. The molecule has 0 spiro atoms. The van der Waals surface area contributed by atoms with Gasteiger partial charge in [0, 0.05) is 12.0 Å². The summed E-state index contributed by atoms with van der Waals surface area (Å²) in [7, 11) is 0. The highest BCUT2D eigenvalue weighted by Crippen LogP contribution is 2.32. The minimum absolute atomic E-state index is 0.180. The molecule has 1 N–H and O–H groups in total. The van der Waals surface area contributed by atoms with Crippen molar-refractivity contribution in [2.45, 2.75) is 44.8 Å². The Kier molecular flexibility index (Phi) is 7.02. The molecule has 0 aliphatic rings. The molecule has 5 nitrogen and oxygen atoms in total. The Morgan fingerprint density at radius 2 is 1.76 bits per heavy atom. The van der Waals surface area contributed by atoms with Crippen LogP contribution in [0, 0.1) is 0 Å². The Hall–Kier alpha value is -0.950. The molecule has 0 atom stereocenters. The van der Waals surface area contributed by atoms with Crippen molar-refractivity contribution in [1.29, 1.82) is 0 Å². The van der Waals surface area contributed by atoms with E-state index in [2.05, 4.69) is 47.8 Å². The van der Waals surface area contributed by atoms with Gasteiger partial charge in [-0.2, -0.15) is 0 Å².